The van der Waals surface area contributed by atoms with E-state index in [1.54, 1.807) is 20.5 Å². The molecule has 0 radical (unpaired) electrons. The molecule has 0 saturated carbocycles. The number of benzene rings is 1. The molecule has 1 aliphatic heterocycles. The highest BCUT2D eigenvalue weighted by Crippen LogP contribution is 2.36. The summed E-state index contributed by atoms with van der Waals surface area (Å²) in [5.41, 5.74) is 3.39. The monoisotopic (exact) mass is 407 g/mol. The van der Waals surface area contributed by atoms with Crippen LogP contribution in [0.5, 0.6) is 5.75 Å². The SMILES string of the molecule is COCc1nnc2n1Cc1c(-c3noc(C(C)C)n3)ncn1-c1ccc(OC)cc1-2. The maximum atomic E-state index is 5.44. The predicted molar refractivity (Wildman–Crippen MR) is 106 cm³/mol. The molecule has 1 aliphatic rings. The standard InChI is InChI=1S/C20H21N7O3/c1-11(2)20-22-18(25-30-20)17-15-8-26-16(9-28-3)23-24-19(26)13-7-12(29-4)5-6-14(13)27(15)10-21-17/h5-7,10-11H,8-9H2,1-4H3. The maximum Gasteiger partial charge on any atom is 0.229 e. The first-order valence-electron chi connectivity index (χ1n) is 9.60. The molecule has 0 spiro atoms. The van der Waals surface area contributed by atoms with Crippen molar-refractivity contribution in [2.75, 3.05) is 14.2 Å². The number of aromatic nitrogens is 7. The maximum absolute atomic E-state index is 5.44. The fourth-order valence-corrected chi connectivity index (χ4v) is 3.60. The number of nitrogens with zero attached hydrogens (tertiary/aromatic N) is 7. The van der Waals surface area contributed by atoms with Crippen LogP contribution in [0.4, 0.5) is 0 Å². The Morgan fingerprint density at radius 3 is 2.80 bits per heavy atom. The first-order chi connectivity index (χ1) is 14.6. The molecule has 1 aromatic carbocycles. The van der Waals surface area contributed by atoms with Crippen molar-refractivity contribution in [1.29, 1.82) is 0 Å². The Morgan fingerprint density at radius 1 is 1.20 bits per heavy atom. The summed E-state index contributed by atoms with van der Waals surface area (Å²) in [6, 6.07) is 5.85. The molecule has 10 heteroatoms. The second-order valence-corrected chi connectivity index (χ2v) is 7.36. The first kappa shape index (κ1) is 18.5. The molecule has 4 aromatic rings. The lowest BCUT2D eigenvalue weighted by molar-refractivity contribution is 0.174. The van der Waals surface area contributed by atoms with Crippen LogP contribution in [0.2, 0.25) is 0 Å². The molecule has 154 valence electrons. The summed E-state index contributed by atoms with van der Waals surface area (Å²) in [4.78, 5) is 9.16. The van der Waals surface area contributed by atoms with Crippen molar-refractivity contribution in [1.82, 2.24) is 34.5 Å². The fraction of sp³-hybridized carbons (Fsp3) is 0.350. The zero-order valence-electron chi connectivity index (χ0n) is 17.2. The minimum absolute atomic E-state index is 0.137. The molecule has 0 unspecified atom stereocenters. The predicted octanol–water partition coefficient (Wildman–Crippen LogP) is 2.82. The highest BCUT2D eigenvalue weighted by Gasteiger charge is 2.28. The van der Waals surface area contributed by atoms with Gasteiger partial charge in [0.05, 0.1) is 25.0 Å². The number of methoxy groups -OCH3 is 2. The normalized spacial score (nSPS) is 12.4. The van der Waals surface area contributed by atoms with E-state index < -0.39 is 0 Å². The number of fused-ring (bicyclic) bond motifs is 5. The number of rotatable bonds is 5. The number of hydrogen-bond donors (Lipinski definition) is 0. The molecule has 0 N–H and O–H groups in total. The Kier molecular flexibility index (Phi) is 4.35. The van der Waals surface area contributed by atoms with Crippen molar-refractivity contribution in [3.05, 3.63) is 41.9 Å². The third kappa shape index (κ3) is 2.79. The van der Waals surface area contributed by atoms with Crippen LogP contribution in [-0.2, 0) is 17.9 Å². The van der Waals surface area contributed by atoms with Gasteiger partial charge < -0.3 is 18.6 Å². The third-order valence-corrected chi connectivity index (χ3v) is 5.13. The second kappa shape index (κ2) is 7.06. The molecule has 0 atom stereocenters. The van der Waals surface area contributed by atoms with Gasteiger partial charge in [-0.1, -0.05) is 19.0 Å². The van der Waals surface area contributed by atoms with Crippen LogP contribution in [0.1, 0.15) is 37.2 Å². The Morgan fingerprint density at radius 2 is 2.07 bits per heavy atom. The van der Waals surface area contributed by atoms with Crippen molar-refractivity contribution in [3.8, 4) is 34.3 Å². The second-order valence-electron chi connectivity index (χ2n) is 7.36. The lowest BCUT2D eigenvalue weighted by atomic mass is 10.1. The Labute approximate surface area is 172 Å². The number of hydrogen-bond acceptors (Lipinski definition) is 8. The van der Waals surface area contributed by atoms with Crippen LogP contribution in [0, 0.1) is 0 Å². The zero-order valence-corrected chi connectivity index (χ0v) is 17.2. The summed E-state index contributed by atoms with van der Waals surface area (Å²) >= 11 is 0. The van der Waals surface area contributed by atoms with Crippen LogP contribution < -0.4 is 4.74 Å². The van der Waals surface area contributed by atoms with Crippen LogP contribution in [0.25, 0.3) is 28.6 Å². The largest absolute Gasteiger partial charge is 0.497 e. The molecule has 0 saturated heterocycles. The molecule has 4 heterocycles. The minimum atomic E-state index is 0.137. The average Bonchev–Trinajstić information content (AvgIpc) is 3.46. The van der Waals surface area contributed by atoms with Crippen LogP contribution in [-0.4, -0.2) is 48.7 Å². The molecule has 0 bridgehead atoms. The molecule has 0 aliphatic carbocycles. The molecule has 5 rings (SSSR count). The van der Waals surface area contributed by atoms with E-state index >= 15 is 0 Å². The van der Waals surface area contributed by atoms with E-state index in [1.165, 1.54) is 0 Å². The van der Waals surface area contributed by atoms with Crippen molar-refractivity contribution in [2.45, 2.75) is 32.9 Å². The van der Waals surface area contributed by atoms with Gasteiger partial charge in [0.25, 0.3) is 0 Å². The van der Waals surface area contributed by atoms with Crippen LogP contribution in [0.15, 0.2) is 29.0 Å². The third-order valence-electron chi connectivity index (χ3n) is 5.13. The summed E-state index contributed by atoms with van der Waals surface area (Å²) in [5.74, 6) is 3.38. The van der Waals surface area contributed by atoms with E-state index in [9.17, 15) is 0 Å². The lowest BCUT2D eigenvalue weighted by Crippen LogP contribution is -2.09. The van der Waals surface area contributed by atoms with Gasteiger partial charge in [0.1, 0.15) is 24.4 Å². The molecule has 10 nitrogen and oxygen atoms in total. The summed E-state index contributed by atoms with van der Waals surface area (Å²) in [7, 11) is 3.28. The van der Waals surface area contributed by atoms with E-state index in [0.29, 0.717) is 30.6 Å². The van der Waals surface area contributed by atoms with Gasteiger partial charge in [0, 0.05) is 18.6 Å². The first-order valence-corrected chi connectivity index (χ1v) is 9.60. The van der Waals surface area contributed by atoms with Gasteiger partial charge >= 0.3 is 0 Å². The summed E-state index contributed by atoms with van der Waals surface area (Å²) in [6.45, 7) is 4.85. The molecule has 0 amide bonds. The van der Waals surface area contributed by atoms with Gasteiger partial charge in [-0.05, 0) is 18.2 Å². The van der Waals surface area contributed by atoms with Crippen LogP contribution >= 0.6 is 0 Å². The van der Waals surface area contributed by atoms with Crippen LogP contribution in [0.3, 0.4) is 0 Å². The van der Waals surface area contributed by atoms with Crippen molar-refractivity contribution < 1.29 is 14.0 Å². The molecule has 3 aromatic heterocycles. The van der Waals surface area contributed by atoms with E-state index in [4.69, 9.17) is 14.0 Å². The van der Waals surface area contributed by atoms with Crippen molar-refractivity contribution in [2.24, 2.45) is 0 Å². The molecule has 30 heavy (non-hydrogen) atoms. The Balaban J connectivity index is 1.73. The molecule has 0 fully saturated rings. The number of imidazole rings is 1. The van der Waals surface area contributed by atoms with E-state index in [1.807, 2.05) is 41.2 Å². The van der Waals surface area contributed by atoms with Gasteiger partial charge in [0.15, 0.2) is 11.6 Å². The lowest BCUT2D eigenvalue weighted by Gasteiger charge is -2.10. The summed E-state index contributed by atoms with van der Waals surface area (Å²) < 4.78 is 20.2. The quantitative estimate of drug-likeness (QED) is 0.438. The molecular formula is C20H21N7O3. The van der Waals surface area contributed by atoms with Gasteiger partial charge in [-0.2, -0.15) is 4.98 Å². The Bertz CT molecular complexity index is 1220. The van der Waals surface area contributed by atoms with Gasteiger partial charge in [-0.25, -0.2) is 4.98 Å². The average molecular weight is 407 g/mol. The van der Waals surface area contributed by atoms with Crippen molar-refractivity contribution in [3.63, 3.8) is 0 Å². The fourth-order valence-electron chi connectivity index (χ4n) is 3.60. The number of ether oxygens (including phenoxy) is 2. The minimum Gasteiger partial charge on any atom is -0.497 e. The summed E-state index contributed by atoms with van der Waals surface area (Å²) in [6.07, 6.45) is 1.78. The van der Waals surface area contributed by atoms with E-state index in [-0.39, 0.29) is 5.92 Å². The molecular weight excluding hydrogens is 386 g/mol. The summed E-state index contributed by atoms with van der Waals surface area (Å²) in [5, 5.41) is 12.9. The highest BCUT2D eigenvalue weighted by molar-refractivity contribution is 5.72. The zero-order chi connectivity index (χ0) is 20.8. The topological polar surface area (TPSA) is 106 Å². The van der Waals surface area contributed by atoms with Crippen molar-refractivity contribution >= 4 is 0 Å². The van der Waals surface area contributed by atoms with Gasteiger partial charge in [-0.15, -0.1) is 10.2 Å². The Hall–Kier alpha value is -3.53. The smallest absolute Gasteiger partial charge is 0.229 e. The van der Waals surface area contributed by atoms with E-state index in [0.717, 1.165) is 34.3 Å². The van der Waals surface area contributed by atoms with Gasteiger partial charge in [0.2, 0.25) is 11.7 Å². The van der Waals surface area contributed by atoms with Gasteiger partial charge in [-0.3, -0.25) is 4.57 Å². The van der Waals surface area contributed by atoms with E-state index in [2.05, 4.69) is 25.3 Å². The highest BCUT2D eigenvalue weighted by atomic mass is 16.5.